The van der Waals surface area contributed by atoms with Crippen molar-refractivity contribution in [1.82, 2.24) is 4.90 Å². The third-order valence-electron chi connectivity index (χ3n) is 4.02. The minimum Gasteiger partial charge on any atom is -0.394 e. The molecule has 0 fully saturated rings. The van der Waals surface area contributed by atoms with Gasteiger partial charge in [0.05, 0.1) is 18.3 Å². The van der Waals surface area contributed by atoms with E-state index in [1.807, 2.05) is 24.3 Å². The zero-order chi connectivity index (χ0) is 16.4. The summed E-state index contributed by atoms with van der Waals surface area (Å²) < 4.78 is 26.6. The smallest absolute Gasteiger partial charge is 0.322 e. The molecule has 2 aromatic rings. The second kappa shape index (κ2) is 6.34. The molecule has 0 aliphatic carbocycles. The minimum absolute atomic E-state index is 0.0908. The van der Waals surface area contributed by atoms with E-state index in [-0.39, 0.29) is 12.3 Å². The van der Waals surface area contributed by atoms with Gasteiger partial charge in [0.2, 0.25) is 0 Å². The van der Waals surface area contributed by atoms with Crippen LogP contribution in [0, 0.1) is 11.6 Å². The van der Waals surface area contributed by atoms with Gasteiger partial charge in [-0.05, 0) is 29.7 Å². The van der Waals surface area contributed by atoms with Crippen LogP contribution in [0.3, 0.4) is 0 Å². The number of urea groups is 1. The van der Waals surface area contributed by atoms with Gasteiger partial charge in [0, 0.05) is 12.6 Å². The summed E-state index contributed by atoms with van der Waals surface area (Å²) in [5.74, 6) is -1.54. The number of nitrogens with zero attached hydrogens (tertiary/aromatic N) is 1. The summed E-state index contributed by atoms with van der Waals surface area (Å²) >= 11 is 0. The first kappa shape index (κ1) is 15.4. The number of hydrogen-bond donors (Lipinski definition) is 2. The molecule has 4 nitrogen and oxygen atoms in total. The molecule has 120 valence electrons. The molecule has 1 atom stereocenters. The van der Waals surface area contributed by atoms with Crippen molar-refractivity contribution in [2.24, 2.45) is 0 Å². The quantitative estimate of drug-likeness (QED) is 0.894. The number of rotatable bonds is 2. The molecule has 0 spiro atoms. The molecule has 1 unspecified atom stereocenters. The fourth-order valence-electron chi connectivity index (χ4n) is 2.87. The Labute approximate surface area is 132 Å². The monoisotopic (exact) mass is 318 g/mol. The lowest BCUT2D eigenvalue weighted by molar-refractivity contribution is 0.135. The summed E-state index contributed by atoms with van der Waals surface area (Å²) in [4.78, 5) is 13.9. The van der Waals surface area contributed by atoms with Crippen molar-refractivity contribution < 1.29 is 18.7 Å². The van der Waals surface area contributed by atoms with E-state index >= 15 is 0 Å². The second-order valence-electron chi connectivity index (χ2n) is 5.39. The predicted molar refractivity (Wildman–Crippen MR) is 82.1 cm³/mol. The number of carbonyl (C=O) groups is 1. The number of benzene rings is 2. The van der Waals surface area contributed by atoms with Gasteiger partial charge in [-0.1, -0.05) is 24.3 Å². The summed E-state index contributed by atoms with van der Waals surface area (Å²) in [6.45, 7) is 0.188. The van der Waals surface area contributed by atoms with E-state index in [9.17, 15) is 18.7 Å². The number of halogens is 2. The third-order valence-corrected chi connectivity index (χ3v) is 4.02. The maximum absolute atomic E-state index is 13.7. The van der Waals surface area contributed by atoms with Gasteiger partial charge in [-0.25, -0.2) is 13.6 Å². The van der Waals surface area contributed by atoms with Crippen molar-refractivity contribution in [1.29, 1.82) is 0 Å². The topological polar surface area (TPSA) is 52.6 Å². The fourth-order valence-corrected chi connectivity index (χ4v) is 2.87. The highest BCUT2D eigenvalue weighted by Crippen LogP contribution is 2.30. The standard InChI is InChI=1S/C17H16F2N2O2/c18-12-5-6-15(14(19)9-12)20-17(23)21-8-7-11-3-1-2-4-13(11)16(21)10-22/h1-6,9,16,22H,7-8,10H2,(H,20,23). The van der Waals surface area contributed by atoms with Crippen LogP contribution in [0.4, 0.5) is 19.3 Å². The Hall–Kier alpha value is -2.47. The Bertz CT molecular complexity index is 736. The highest BCUT2D eigenvalue weighted by molar-refractivity contribution is 5.90. The van der Waals surface area contributed by atoms with Crippen molar-refractivity contribution in [3.8, 4) is 0 Å². The lowest BCUT2D eigenvalue weighted by Gasteiger charge is -2.36. The second-order valence-corrected chi connectivity index (χ2v) is 5.39. The van der Waals surface area contributed by atoms with Gasteiger partial charge in [0.15, 0.2) is 0 Å². The molecular weight excluding hydrogens is 302 g/mol. The number of aliphatic hydroxyl groups excluding tert-OH is 1. The number of aliphatic hydroxyl groups is 1. The van der Waals surface area contributed by atoms with Gasteiger partial charge < -0.3 is 15.3 Å². The van der Waals surface area contributed by atoms with Crippen LogP contribution in [0.5, 0.6) is 0 Å². The van der Waals surface area contributed by atoms with Crippen LogP contribution in [-0.2, 0) is 6.42 Å². The number of amides is 2. The van der Waals surface area contributed by atoms with Gasteiger partial charge >= 0.3 is 6.03 Å². The molecular formula is C17H16F2N2O2. The Kier molecular flexibility index (Phi) is 4.25. The van der Waals surface area contributed by atoms with Crippen molar-refractivity contribution >= 4 is 11.7 Å². The van der Waals surface area contributed by atoms with Crippen LogP contribution in [0.25, 0.3) is 0 Å². The maximum Gasteiger partial charge on any atom is 0.322 e. The number of carbonyl (C=O) groups excluding carboxylic acids is 1. The summed E-state index contributed by atoms with van der Waals surface area (Å²) in [5, 5.41) is 12.1. The number of fused-ring (bicyclic) bond motifs is 1. The van der Waals surface area contributed by atoms with E-state index in [1.54, 1.807) is 0 Å². The van der Waals surface area contributed by atoms with Crippen molar-refractivity contribution in [3.63, 3.8) is 0 Å². The molecule has 0 saturated heterocycles. The number of hydrogen-bond acceptors (Lipinski definition) is 2. The molecule has 2 N–H and O–H groups in total. The van der Waals surface area contributed by atoms with Gasteiger partial charge in [0.25, 0.3) is 0 Å². The summed E-state index contributed by atoms with van der Waals surface area (Å²) in [6.07, 6.45) is 0.659. The molecule has 6 heteroatoms. The van der Waals surface area contributed by atoms with E-state index in [0.717, 1.165) is 17.2 Å². The van der Waals surface area contributed by atoms with E-state index < -0.39 is 23.7 Å². The maximum atomic E-state index is 13.7. The fraction of sp³-hybridized carbons (Fsp3) is 0.235. The van der Waals surface area contributed by atoms with E-state index in [0.29, 0.717) is 19.0 Å². The van der Waals surface area contributed by atoms with Crippen LogP contribution in [0.15, 0.2) is 42.5 Å². The summed E-state index contributed by atoms with van der Waals surface area (Å²) in [5.41, 5.74) is 1.88. The zero-order valence-corrected chi connectivity index (χ0v) is 12.3. The Morgan fingerprint density at radius 3 is 2.78 bits per heavy atom. The first-order valence-corrected chi connectivity index (χ1v) is 7.31. The molecule has 0 aromatic heterocycles. The van der Waals surface area contributed by atoms with Gasteiger partial charge in [-0.3, -0.25) is 0 Å². The molecule has 23 heavy (non-hydrogen) atoms. The normalized spacial score (nSPS) is 16.8. The largest absolute Gasteiger partial charge is 0.394 e. The minimum atomic E-state index is -0.837. The predicted octanol–water partition coefficient (Wildman–Crippen LogP) is 3.09. The Morgan fingerprint density at radius 1 is 1.26 bits per heavy atom. The first-order chi connectivity index (χ1) is 11.1. The summed E-state index contributed by atoms with van der Waals surface area (Å²) in [6, 6.07) is 9.56. The average molecular weight is 318 g/mol. The van der Waals surface area contributed by atoms with E-state index in [2.05, 4.69) is 5.32 Å². The Balaban J connectivity index is 1.82. The van der Waals surface area contributed by atoms with Crippen LogP contribution >= 0.6 is 0 Å². The molecule has 1 heterocycles. The van der Waals surface area contributed by atoms with Crippen molar-refractivity contribution in [2.75, 3.05) is 18.5 Å². The van der Waals surface area contributed by atoms with Crippen molar-refractivity contribution in [2.45, 2.75) is 12.5 Å². The zero-order valence-electron chi connectivity index (χ0n) is 12.3. The average Bonchev–Trinajstić information content (AvgIpc) is 2.56. The van der Waals surface area contributed by atoms with Crippen LogP contribution < -0.4 is 5.32 Å². The number of nitrogens with one attached hydrogen (secondary N) is 1. The van der Waals surface area contributed by atoms with E-state index in [1.165, 1.54) is 11.0 Å². The Morgan fingerprint density at radius 2 is 2.04 bits per heavy atom. The molecule has 1 aliphatic heterocycles. The third kappa shape index (κ3) is 3.03. The molecule has 0 saturated carbocycles. The van der Waals surface area contributed by atoms with Crippen LogP contribution in [0.2, 0.25) is 0 Å². The molecule has 0 bridgehead atoms. The van der Waals surface area contributed by atoms with Crippen molar-refractivity contribution in [3.05, 3.63) is 65.2 Å². The molecule has 1 aliphatic rings. The van der Waals surface area contributed by atoms with Crippen LogP contribution in [0.1, 0.15) is 17.2 Å². The molecule has 3 rings (SSSR count). The first-order valence-electron chi connectivity index (χ1n) is 7.31. The molecule has 0 radical (unpaired) electrons. The lowest BCUT2D eigenvalue weighted by Crippen LogP contribution is -2.44. The SMILES string of the molecule is O=C(Nc1ccc(F)cc1F)N1CCc2ccccc2C1CO. The van der Waals surface area contributed by atoms with Gasteiger partial charge in [0.1, 0.15) is 11.6 Å². The van der Waals surface area contributed by atoms with Crippen LogP contribution in [-0.4, -0.2) is 29.2 Å². The highest BCUT2D eigenvalue weighted by Gasteiger charge is 2.30. The van der Waals surface area contributed by atoms with Gasteiger partial charge in [-0.2, -0.15) is 0 Å². The van der Waals surface area contributed by atoms with E-state index in [4.69, 9.17) is 0 Å². The summed E-state index contributed by atoms with van der Waals surface area (Å²) in [7, 11) is 0. The van der Waals surface area contributed by atoms with Gasteiger partial charge in [-0.15, -0.1) is 0 Å². The number of anilines is 1. The lowest BCUT2D eigenvalue weighted by atomic mass is 9.93. The molecule has 2 amide bonds. The molecule has 2 aromatic carbocycles. The highest BCUT2D eigenvalue weighted by atomic mass is 19.1.